The molecule has 0 spiro atoms. The highest BCUT2D eigenvalue weighted by molar-refractivity contribution is 5.71. The van der Waals surface area contributed by atoms with Gasteiger partial charge in [-0.1, -0.05) is 295 Å². The minimum atomic E-state index is -0.784. The number of rotatable bonds is 59. The van der Waals surface area contributed by atoms with Crippen LogP contribution in [0.25, 0.3) is 0 Å². The molecule has 0 aromatic rings. The first-order valence-corrected chi connectivity index (χ1v) is 33.3. The molecular weight excluding hydrogens is 997 g/mol. The average Bonchev–Trinajstić information content (AvgIpc) is 3.47. The number of hydrogen-bond donors (Lipinski definition) is 0. The molecule has 1 unspecified atom stereocenters. The molecule has 1 atom stereocenters. The first kappa shape index (κ1) is 76.3. The van der Waals surface area contributed by atoms with Crippen LogP contribution in [0.15, 0.2) is 146 Å². The van der Waals surface area contributed by atoms with Gasteiger partial charge in [0.05, 0.1) is 0 Å². The lowest BCUT2D eigenvalue weighted by Gasteiger charge is -2.18. The van der Waals surface area contributed by atoms with Crippen LogP contribution in [0.3, 0.4) is 0 Å². The Balaban J connectivity index is 4.08. The summed E-state index contributed by atoms with van der Waals surface area (Å²) in [5.41, 5.74) is 0. The Morgan fingerprint density at radius 2 is 0.481 bits per heavy atom. The summed E-state index contributed by atoms with van der Waals surface area (Å²) in [6, 6.07) is 0. The number of hydrogen-bond acceptors (Lipinski definition) is 6. The van der Waals surface area contributed by atoms with Crippen LogP contribution in [-0.2, 0) is 28.6 Å². The predicted octanol–water partition coefficient (Wildman–Crippen LogP) is 23.1. The van der Waals surface area contributed by atoms with E-state index in [4.69, 9.17) is 14.2 Å². The van der Waals surface area contributed by atoms with Crippen LogP contribution in [0.1, 0.15) is 290 Å². The largest absolute Gasteiger partial charge is 0.462 e. The van der Waals surface area contributed by atoms with Crippen molar-refractivity contribution in [2.75, 3.05) is 13.2 Å². The number of esters is 3. The Kier molecular flexibility index (Phi) is 63.9. The van der Waals surface area contributed by atoms with Crippen LogP contribution in [0, 0.1) is 0 Å². The smallest absolute Gasteiger partial charge is 0.306 e. The second kappa shape index (κ2) is 67.8. The summed E-state index contributed by atoms with van der Waals surface area (Å²) in [5, 5.41) is 0. The molecule has 0 radical (unpaired) electrons. The van der Waals surface area contributed by atoms with Gasteiger partial charge in [0.2, 0.25) is 0 Å². The normalized spacial score (nSPS) is 13.1. The third-order valence-corrected chi connectivity index (χ3v) is 13.8. The van der Waals surface area contributed by atoms with E-state index in [2.05, 4.69) is 167 Å². The molecule has 0 N–H and O–H groups in total. The van der Waals surface area contributed by atoms with E-state index >= 15 is 0 Å². The molecular formula is C75H122O6. The number of allylic oxidation sites excluding steroid dienone is 24. The minimum Gasteiger partial charge on any atom is -0.462 e. The maximum Gasteiger partial charge on any atom is 0.306 e. The van der Waals surface area contributed by atoms with Gasteiger partial charge in [0.25, 0.3) is 0 Å². The molecule has 0 rings (SSSR count). The number of carbonyl (C=O) groups excluding carboxylic acids is 3. The fourth-order valence-electron chi connectivity index (χ4n) is 8.92. The van der Waals surface area contributed by atoms with Crippen molar-refractivity contribution >= 4 is 17.9 Å². The quantitative estimate of drug-likeness (QED) is 0.0261. The van der Waals surface area contributed by atoms with Gasteiger partial charge in [0.15, 0.2) is 6.10 Å². The van der Waals surface area contributed by atoms with Crippen molar-refractivity contribution in [3.8, 4) is 0 Å². The number of carbonyl (C=O) groups is 3. The SMILES string of the molecule is CC/C=C\C/C=C\C/C=C\C/C=C\C/C=C\C/C=C\CCCCCCCCCCCCC(=O)OCC(COC(=O)CCCCCCC)OC(=O)CCCCCCCCCCCC/C=C\C/C=C\C/C=C\C/C=C\C/C=C\C/C=C\CC. The van der Waals surface area contributed by atoms with Gasteiger partial charge in [-0.15, -0.1) is 0 Å². The summed E-state index contributed by atoms with van der Waals surface area (Å²) in [6.45, 7) is 6.33. The second-order valence-corrected chi connectivity index (χ2v) is 21.6. The van der Waals surface area contributed by atoms with Crippen LogP contribution in [-0.4, -0.2) is 37.2 Å². The van der Waals surface area contributed by atoms with E-state index in [0.717, 1.165) is 141 Å². The van der Waals surface area contributed by atoms with E-state index in [9.17, 15) is 14.4 Å². The lowest BCUT2D eigenvalue weighted by Crippen LogP contribution is -2.30. The van der Waals surface area contributed by atoms with Crippen LogP contribution in [0.2, 0.25) is 0 Å². The van der Waals surface area contributed by atoms with E-state index < -0.39 is 6.10 Å². The van der Waals surface area contributed by atoms with E-state index in [1.54, 1.807) is 0 Å². The van der Waals surface area contributed by atoms with Crippen molar-refractivity contribution in [1.82, 2.24) is 0 Å². The maximum atomic E-state index is 12.9. The summed E-state index contributed by atoms with van der Waals surface area (Å²) in [5.74, 6) is -0.906. The molecule has 0 saturated heterocycles. The fourth-order valence-corrected chi connectivity index (χ4v) is 8.92. The third kappa shape index (κ3) is 66.0. The molecule has 458 valence electrons. The number of unbranched alkanes of at least 4 members (excludes halogenated alkanes) is 24. The highest BCUT2D eigenvalue weighted by atomic mass is 16.6. The molecule has 0 bridgehead atoms. The molecule has 6 heteroatoms. The zero-order valence-corrected chi connectivity index (χ0v) is 52.5. The van der Waals surface area contributed by atoms with Gasteiger partial charge in [0, 0.05) is 19.3 Å². The zero-order valence-electron chi connectivity index (χ0n) is 52.5. The van der Waals surface area contributed by atoms with Crippen molar-refractivity contribution in [3.63, 3.8) is 0 Å². The van der Waals surface area contributed by atoms with E-state index in [1.807, 2.05) is 0 Å². The maximum absolute atomic E-state index is 12.9. The Hall–Kier alpha value is -4.71. The van der Waals surface area contributed by atoms with Gasteiger partial charge in [0.1, 0.15) is 13.2 Å². The number of ether oxygens (including phenoxy) is 3. The van der Waals surface area contributed by atoms with Crippen molar-refractivity contribution < 1.29 is 28.6 Å². The first-order valence-electron chi connectivity index (χ1n) is 33.3. The molecule has 6 nitrogen and oxygen atoms in total. The molecule has 0 aromatic carbocycles. The monoisotopic (exact) mass is 1120 g/mol. The van der Waals surface area contributed by atoms with Gasteiger partial charge in [-0.05, 0) is 122 Å². The van der Waals surface area contributed by atoms with Crippen LogP contribution >= 0.6 is 0 Å². The molecule has 0 fully saturated rings. The van der Waals surface area contributed by atoms with Gasteiger partial charge in [-0.25, -0.2) is 0 Å². The van der Waals surface area contributed by atoms with Gasteiger partial charge < -0.3 is 14.2 Å². The minimum absolute atomic E-state index is 0.0845. The summed E-state index contributed by atoms with van der Waals surface area (Å²) in [7, 11) is 0. The Labute approximate surface area is 499 Å². The van der Waals surface area contributed by atoms with Crippen molar-refractivity contribution in [3.05, 3.63) is 146 Å². The van der Waals surface area contributed by atoms with E-state index in [1.165, 1.54) is 109 Å². The molecule has 0 aliphatic rings. The summed E-state index contributed by atoms with van der Waals surface area (Å²) in [4.78, 5) is 38.0. The van der Waals surface area contributed by atoms with Crippen molar-refractivity contribution in [1.29, 1.82) is 0 Å². The highest BCUT2D eigenvalue weighted by Crippen LogP contribution is 2.16. The van der Waals surface area contributed by atoms with E-state index in [-0.39, 0.29) is 31.1 Å². The van der Waals surface area contributed by atoms with Gasteiger partial charge >= 0.3 is 17.9 Å². The van der Waals surface area contributed by atoms with Crippen LogP contribution < -0.4 is 0 Å². The first-order chi connectivity index (χ1) is 40.0. The van der Waals surface area contributed by atoms with Crippen molar-refractivity contribution in [2.45, 2.75) is 297 Å². The molecule has 0 aliphatic heterocycles. The standard InChI is InChI=1S/C75H122O6/c1-4-7-10-13-15-17-19-21-23-25-27-29-31-33-35-37-39-41-43-45-47-49-51-53-55-57-59-62-65-68-74(77)80-71-72(70-79-73(76)67-64-61-12-9-6-3)81-75(78)69-66-63-60-58-56-54-52-50-48-46-44-42-40-38-36-34-32-30-28-26-24-22-20-18-16-14-11-8-5-2/h7-8,10-11,15-18,21-24,27-30,33-36,39-42,72H,4-6,9,12-14,19-20,25-26,31-32,37-38,43-71H2,1-3H3/b10-7-,11-8-,17-15-,18-16-,23-21-,24-22-,29-27-,30-28-,35-33-,36-34-,41-39-,42-40-. The summed E-state index contributed by atoms with van der Waals surface area (Å²) >= 11 is 0. The lowest BCUT2D eigenvalue weighted by atomic mass is 10.0. The van der Waals surface area contributed by atoms with Crippen molar-refractivity contribution in [2.24, 2.45) is 0 Å². The third-order valence-electron chi connectivity index (χ3n) is 13.8. The molecule has 0 aromatic heterocycles. The highest BCUT2D eigenvalue weighted by Gasteiger charge is 2.19. The Morgan fingerprint density at radius 3 is 0.753 bits per heavy atom. The molecule has 0 amide bonds. The predicted molar refractivity (Wildman–Crippen MR) is 352 cm³/mol. The summed E-state index contributed by atoms with van der Waals surface area (Å²) < 4.78 is 16.8. The average molecular weight is 1120 g/mol. The molecule has 81 heavy (non-hydrogen) atoms. The topological polar surface area (TPSA) is 78.9 Å². The Morgan fingerprint density at radius 1 is 0.259 bits per heavy atom. The van der Waals surface area contributed by atoms with Gasteiger partial charge in [-0.2, -0.15) is 0 Å². The van der Waals surface area contributed by atoms with Gasteiger partial charge in [-0.3, -0.25) is 14.4 Å². The summed E-state index contributed by atoms with van der Waals surface area (Å²) in [6.07, 6.45) is 97.6. The second-order valence-electron chi connectivity index (χ2n) is 21.6. The van der Waals surface area contributed by atoms with Crippen LogP contribution in [0.4, 0.5) is 0 Å². The zero-order chi connectivity index (χ0) is 58.5. The molecule has 0 aliphatic carbocycles. The molecule has 0 heterocycles. The fraction of sp³-hybridized carbons (Fsp3) is 0.640. The Bertz CT molecular complexity index is 1760. The lowest BCUT2D eigenvalue weighted by molar-refractivity contribution is -0.167. The molecule has 0 saturated carbocycles. The van der Waals surface area contributed by atoms with E-state index in [0.29, 0.717) is 19.3 Å². The van der Waals surface area contributed by atoms with Crippen LogP contribution in [0.5, 0.6) is 0 Å².